The van der Waals surface area contributed by atoms with Crippen LogP contribution in [0.25, 0.3) is 0 Å². The number of hydrogen-bond donors (Lipinski definition) is 2. The summed E-state index contributed by atoms with van der Waals surface area (Å²) in [6.07, 6.45) is 2.80. The van der Waals surface area contributed by atoms with Gasteiger partial charge in [-0.1, -0.05) is 0 Å². The molecule has 0 radical (unpaired) electrons. The second-order valence-corrected chi connectivity index (χ2v) is 3.33. The highest BCUT2D eigenvalue weighted by atomic mass is 15.3. The maximum absolute atomic E-state index is 5.91. The molecule has 0 saturated carbocycles. The predicted octanol–water partition coefficient (Wildman–Crippen LogP) is 0.414. The van der Waals surface area contributed by atoms with Crippen molar-refractivity contribution in [3.63, 3.8) is 0 Å². The lowest BCUT2D eigenvalue weighted by Crippen LogP contribution is -2.36. The van der Waals surface area contributed by atoms with Crippen molar-refractivity contribution in [2.24, 2.45) is 5.73 Å². The van der Waals surface area contributed by atoms with Crippen molar-refractivity contribution in [1.29, 1.82) is 0 Å². The van der Waals surface area contributed by atoms with Crippen LogP contribution in [0.4, 0.5) is 5.82 Å². The molecule has 1 aliphatic heterocycles. The predicted molar refractivity (Wildman–Crippen MR) is 47.9 cm³/mol. The van der Waals surface area contributed by atoms with Crippen molar-refractivity contribution >= 4 is 5.82 Å². The molecular weight excluding hydrogens is 152 g/mol. The highest BCUT2D eigenvalue weighted by Crippen LogP contribution is 2.15. The van der Waals surface area contributed by atoms with Gasteiger partial charge >= 0.3 is 0 Å². The normalized spacial score (nSPS) is 28.8. The Hall–Kier alpha value is -1.03. The van der Waals surface area contributed by atoms with Crippen molar-refractivity contribution in [2.75, 3.05) is 5.32 Å². The Kier molecular flexibility index (Phi) is 1.77. The van der Waals surface area contributed by atoms with E-state index in [0.717, 1.165) is 18.8 Å². The van der Waals surface area contributed by atoms with Gasteiger partial charge in [0.15, 0.2) is 0 Å². The number of nitrogens with zero attached hydrogens (tertiary/aromatic N) is 2. The molecule has 2 atom stereocenters. The highest BCUT2D eigenvalue weighted by molar-refractivity contribution is 5.36. The van der Waals surface area contributed by atoms with E-state index in [1.807, 2.05) is 16.9 Å². The van der Waals surface area contributed by atoms with E-state index in [2.05, 4.69) is 17.3 Å². The molecule has 0 spiro atoms. The molecule has 4 nitrogen and oxygen atoms in total. The lowest BCUT2D eigenvalue weighted by atomic mass is 10.1. The zero-order valence-corrected chi connectivity index (χ0v) is 7.20. The molecule has 0 saturated heterocycles. The molecule has 1 aliphatic rings. The van der Waals surface area contributed by atoms with Gasteiger partial charge in [-0.2, -0.15) is 5.10 Å². The van der Waals surface area contributed by atoms with Gasteiger partial charge in [0.1, 0.15) is 5.82 Å². The van der Waals surface area contributed by atoms with E-state index in [1.54, 1.807) is 0 Å². The molecule has 12 heavy (non-hydrogen) atoms. The van der Waals surface area contributed by atoms with Crippen molar-refractivity contribution < 1.29 is 0 Å². The molecule has 2 unspecified atom stereocenters. The second-order valence-electron chi connectivity index (χ2n) is 3.33. The summed E-state index contributed by atoms with van der Waals surface area (Å²) in [7, 11) is 0. The van der Waals surface area contributed by atoms with Crippen molar-refractivity contribution in [3.8, 4) is 0 Å². The number of aromatic nitrogens is 2. The van der Waals surface area contributed by atoms with Gasteiger partial charge in [0, 0.05) is 24.7 Å². The number of fused-ring (bicyclic) bond motifs is 1. The van der Waals surface area contributed by atoms with Gasteiger partial charge in [-0.3, -0.25) is 0 Å². The third-order valence-corrected chi connectivity index (χ3v) is 2.41. The van der Waals surface area contributed by atoms with Gasteiger partial charge in [0.05, 0.1) is 6.20 Å². The van der Waals surface area contributed by atoms with E-state index in [-0.39, 0.29) is 6.04 Å². The monoisotopic (exact) mass is 166 g/mol. The Morgan fingerprint density at radius 1 is 1.75 bits per heavy atom. The lowest BCUT2D eigenvalue weighted by molar-refractivity contribution is 0.509. The zero-order chi connectivity index (χ0) is 8.55. The van der Waals surface area contributed by atoms with Gasteiger partial charge < -0.3 is 11.1 Å². The quantitative estimate of drug-likeness (QED) is 0.587. The fraction of sp³-hybridized carbons (Fsp3) is 0.625. The van der Waals surface area contributed by atoms with E-state index in [9.17, 15) is 0 Å². The van der Waals surface area contributed by atoms with Crippen LogP contribution in [0.1, 0.15) is 13.3 Å². The fourth-order valence-electron chi connectivity index (χ4n) is 1.50. The van der Waals surface area contributed by atoms with E-state index in [4.69, 9.17) is 5.73 Å². The van der Waals surface area contributed by atoms with Crippen molar-refractivity contribution in [1.82, 2.24) is 9.78 Å². The molecular formula is C8H14N4. The molecule has 1 aromatic rings. The molecule has 0 aliphatic carbocycles. The maximum atomic E-state index is 5.91. The summed E-state index contributed by atoms with van der Waals surface area (Å²) < 4.78 is 1.96. The zero-order valence-electron chi connectivity index (χ0n) is 7.20. The number of anilines is 1. The number of aryl methyl sites for hydroxylation is 1. The van der Waals surface area contributed by atoms with Crippen LogP contribution in [0.5, 0.6) is 0 Å². The number of rotatable bonds is 0. The maximum Gasteiger partial charge on any atom is 0.124 e. The van der Waals surface area contributed by atoms with E-state index in [0.29, 0.717) is 6.04 Å². The molecule has 66 valence electrons. The first-order valence-electron chi connectivity index (χ1n) is 4.31. The Bertz CT molecular complexity index is 268. The van der Waals surface area contributed by atoms with E-state index >= 15 is 0 Å². The molecule has 0 aromatic carbocycles. The molecule has 2 rings (SSSR count). The van der Waals surface area contributed by atoms with Crippen LogP contribution in [0.2, 0.25) is 0 Å². The van der Waals surface area contributed by atoms with Gasteiger partial charge in [0.2, 0.25) is 0 Å². The number of hydrogen-bond acceptors (Lipinski definition) is 3. The van der Waals surface area contributed by atoms with E-state index in [1.165, 1.54) is 0 Å². The van der Waals surface area contributed by atoms with Crippen molar-refractivity contribution in [2.45, 2.75) is 32.0 Å². The molecule has 0 bridgehead atoms. The molecule has 1 aromatic heterocycles. The molecule has 0 fully saturated rings. The SMILES string of the molecule is CC1Nc2ccnn2CCC1N. The molecule has 3 N–H and O–H groups in total. The minimum Gasteiger partial charge on any atom is -0.366 e. The average Bonchev–Trinajstić information content (AvgIpc) is 2.43. The minimum atomic E-state index is 0.228. The summed E-state index contributed by atoms with van der Waals surface area (Å²) in [5, 5.41) is 7.51. The van der Waals surface area contributed by atoms with Gasteiger partial charge in [-0.05, 0) is 13.3 Å². The average molecular weight is 166 g/mol. The van der Waals surface area contributed by atoms with Crippen LogP contribution < -0.4 is 11.1 Å². The van der Waals surface area contributed by atoms with Crippen LogP contribution in [0.15, 0.2) is 12.3 Å². The Morgan fingerprint density at radius 3 is 3.42 bits per heavy atom. The fourth-order valence-corrected chi connectivity index (χ4v) is 1.50. The Morgan fingerprint density at radius 2 is 2.58 bits per heavy atom. The lowest BCUT2D eigenvalue weighted by Gasteiger charge is -2.16. The van der Waals surface area contributed by atoms with Crippen LogP contribution in [-0.2, 0) is 6.54 Å². The van der Waals surface area contributed by atoms with Crippen LogP contribution in [0.3, 0.4) is 0 Å². The molecule has 0 amide bonds. The topological polar surface area (TPSA) is 55.9 Å². The number of nitrogens with two attached hydrogens (primary N) is 1. The third kappa shape index (κ3) is 1.18. The summed E-state index contributed by atoms with van der Waals surface area (Å²) in [6, 6.07) is 2.55. The summed E-state index contributed by atoms with van der Waals surface area (Å²) in [6.45, 7) is 3.02. The largest absolute Gasteiger partial charge is 0.366 e. The van der Waals surface area contributed by atoms with Gasteiger partial charge in [0.25, 0.3) is 0 Å². The first-order chi connectivity index (χ1) is 5.77. The minimum absolute atomic E-state index is 0.228. The highest BCUT2D eigenvalue weighted by Gasteiger charge is 2.18. The van der Waals surface area contributed by atoms with Gasteiger partial charge in [-0.15, -0.1) is 0 Å². The van der Waals surface area contributed by atoms with Crippen LogP contribution >= 0.6 is 0 Å². The van der Waals surface area contributed by atoms with Gasteiger partial charge in [-0.25, -0.2) is 4.68 Å². The Balaban J connectivity index is 2.24. The summed E-state index contributed by atoms with van der Waals surface area (Å²) in [5.41, 5.74) is 5.91. The first kappa shape index (κ1) is 7.61. The summed E-state index contributed by atoms with van der Waals surface area (Å²) in [5.74, 6) is 1.08. The first-order valence-corrected chi connectivity index (χ1v) is 4.31. The van der Waals surface area contributed by atoms with Crippen LogP contribution in [-0.4, -0.2) is 21.9 Å². The molecule has 4 heteroatoms. The van der Waals surface area contributed by atoms with Crippen molar-refractivity contribution in [3.05, 3.63) is 12.3 Å². The molecule has 2 heterocycles. The Labute approximate surface area is 71.7 Å². The summed E-state index contributed by atoms with van der Waals surface area (Å²) >= 11 is 0. The summed E-state index contributed by atoms with van der Waals surface area (Å²) in [4.78, 5) is 0. The third-order valence-electron chi connectivity index (χ3n) is 2.41. The standard InChI is InChI=1S/C8H14N4/c1-6-7(9)3-5-12-8(11-6)2-4-10-12/h2,4,6-7,11H,3,5,9H2,1H3. The van der Waals surface area contributed by atoms with Crippen LogP contribution in [0, 0.1) is 0 Å². The smallest absolute Gasteiger partial charge is 0.124 e. The number of nitrogens with one attached hydrogen (secondary N) is 1. The van der Waals surface area contributed by atoms with E-state index < -0.39 is 0 Å². The second kappa shape index (κ2) is 2.79.